The number of aromatic nitrogens is 2. The number of nitrogens with two attached hydrogens (primary N) is 1. The van der Waals surface area contributed by atoms with E-state index in [2.05, 4.69) is 10.3 Å². The average Bonchev–Trinajstić information content (AvgIpc) is 3.32. The molecule has 0 radical (unpaired) electrons. The Bertz CT molecular complexity index is 1450. The van der Waals surface area contributed by atoms with Crippen LogP contribution in [-0.4, -0.2) is 42.2 Å². The van der Waals surface area contributed by atoms with Crippen molar-refractivity contribution in [1.29, 1.82) is 0 Å². The minimum absolute atomic E-state index is 0.147. The zero-order chi connectivity index (χ0) is 25.9. The van der Waals surface area contributed by atoms with Crippen molar-refractivity contribution in [3.05, 3.63) is 71.8 Å². The number of pyridine rings is 1. The van der Waals surface area contributed by atoms with Gasteiger partial charge in [0.25, 0.3) is 0 Å². The van der Waals surface area contributed by atoms with Gasteiger partial charge < -0.3 is 25.3 Å². The number of amides is 1. The number of carbonyl (C=O) groups is 1. The molecule has 5 rings (SSSR count). The van der Waals surface area contributed by atoms with Crippen LogP contribution in [0.15, 0.2) is 54.9 Å². The Morgan fingerprint density at radius 2 is 2.00 bits per heavy atom. The molecule has 4 aromatic rings. The van der Waals surface area contributed by atoms with E-state index < -0.39 is 11.7 Å². The van der Waals surface area contributed by atoms with E-state index >= 15 is 0 Å². The van der Waals surface area contributed by atoms with Crippen molar-refractivity contribution in [2.75, 3.05) is 32.2 Å². The molecule has 1 saturated heterocycles. The number of ether oxygens (including phenoxy) is 3. The molecular formula is C28H29FN4O4. The molecule has 0 atom stereocenters. The molecule has 0 spiro atoms. The van der Waals surface area contributed by atoms with E-state index in [4.69, 9.17) is 19.9 Å². The quantitative estimate of drug-likeness (QED) is 0.343. The Morgan fingerprint density at radius 1 is 1.19 bits per heavy atom. The molecule has 0 unspecified atom stereocenters. The van der Waals surface area contributed by atoms with Gasteiger partial charge in [-0.2, -0.15) is 0 Å². The van der Waals surface area contributed by atoms with Crippen molar-refractivity contribution in [2.24, 2.45) is 11.7 Å². The average molecular weight is 505 g/mol. The molecule has 0 aliphatic carbocycles. The van der Waals surface area contributed by atoms with Gasteiger partial charge in [-0.25, -0.2) is 9.37 Å². The van der Waals surface area contributed by atoms with Crippen LogP contribution >= 0.6 is 0 Å². The highest BCUT2D eigenvalue weighted by molar-refractivity contribution is 5.95. The third kappa shape index (κ3) is 5.22. The van der Waals surface area contributed by atoms with Gasteiger partial charge in [-0.3, -0.25) is 9.20 Å². The molecule has 37 heavy (non-hydrogen) atoms. The second-order valence-electron chi connectivity index (χ2n) is 9.16. The van der Waals surface area contributed by atoms with Crippen LogP contribution in [0.5, 0.6) is 17.2 Å². The van der Waals surface area contributed by atoms with Gasteiger partial charge in [0.1, 0.15) is 11.5 Å². The monoisotopic (exact) mass is 504 g/mol. The molecule has 2 aromatic heterocycles. The van der Waals surface area contributed by atoms with Crippen molar-refractivity contribution in [3.63, 3.8) is 0 Å². The molecule has 9 heteroatoms. The van der Waals surface area contributed by atoms with Gasteiger partial charge in [-0.15, -0.1) is 0 Å². The lowest BCUT2D eigenvalue weighted by Crippen LogP contribution is -2.22. The summed E-state index contributed by atoms with van der Waals surface area (Å²) in [6.45, 7) is 4.15. The smallest absolute Gasteiger partial charge is 0.248 e. The van der Waals surface area contributed by atoms with Crippen molar-refractivity contribution in [3.8, 4) is 28.5 Å². The van der Waals surface area contributed by atoms with Crippen LogP contribution in [0.1, 0.15) is 28.8 Å². The minimum atomic E-state index is -0.507. The number of methoxy groups -OCH3 is 1. The number of halogens is 1. The first kappa shape index (κ1) is 24.6. The number of hydrogen-bond acceptors (Lipinski definition) is 6. The Hall–Kier alpha value is -4.11. The molecule has 3 N–H and O–H groups in total. The number of benzene rings is 2. The van der Waals surface area contributed by atoms with E-state index in [1.807, 2.05) is 35.7 Å². The molecule has 192 valence electrons. The van der Waals surface area contributed by atoms with E-state index in [1.54, 1.807) is 18.3 Å². The number of primary amides is 1. The third-order valence-corrected chi connectivity index (χ3v) is 6.65. The van der Waals surface area contributed by atoms with Crippen LogP contribution in [0.25, 0.3) is 16.9 Å². The highest BCUT2D eigenvalue weighted by atomic mass is 19.1. The first-order valence-corrected chi connectivity index (χ1v) is 12.2. The fourth-order valence-corrected chi connectivity index (χ4v) is 4.61. The number of nitrogens with zero attached hydrogens (tertiary/aromatic N) is 2. The van der Waals surface area contributed by atoms with Crippen molar-refractivity contribution in [1.82, 2.24) is 9.38 Å². The second kappa shape index (κ2) is 10.5. The van der Waals surface area contributed by atoms with E-state index in [-0.39, 0.29) is 5.75 Å². The summed E-state index contributed by atoms with van der Waals surface area (Å²) in [5.41, 5.74) is 9.95. The number of anilines is 1. The Kier molecular flexibility index (Phi) is 6.96. The summed E-state index contributed by atoms with van der Waals surface area (Å²) in [6.07, 6.45) is 5.59. The molecule has 0 bridgehead atoms. The maximum Gasteiger partial charge on any atom is 0.248 e. The largest absolute Gasteiger partial charge is 0.494 e. The van der Waals surface area contributed by atoms with Gasteiger partial charge >= 0.3 is 0 Å². The predicted octanol–water partition coefficient (Wildman–Crippen LogP) is 5.19. The zero-order valence-electron chi connectivity index (χ0n) is 20.8. The SMILES string of the molecule is COc1ccc(Oc2cc(NCC3CCOCC3)c3ncc(-c4ccc(C(N)=O)c(C)c4)n3c2)cc1F. The summed E-state index contributed by atoms with van der Waals surface area (Å²) in [5, 5.41) is 3.54. The molecular weight excluding hydrogens is 475 g/mol. The van der Waals surface area contributed by atoms with Gasteiger partial charge in [0, 0.05) is 43.0 Å². The highest BCUT2D eigenvalue weighted by Crippen LogP contribution is 2.33. The first-order valence-electron chi connectivity index (χ1n) is 12.2. The molecule has 0 saturated carbocycles. The topological polar surface area (TPSA) is 100 Å². The molecule has 1 aliphatic heterocycles. The molecule has 2 aromatic carbocycles. The normalized spacial score (nSPS) is 14.0. The molecule has 8 nitrogen and oxygen atoms in total. The Labute approximate surface area is 214 Å². The molecule has 1 amide bonds. The van der Waals surface area contributed by atoms with Crippen molar-refractivity contribution < 1.29 is 23.4 Å². The maximum absolute atomic E-state index is 14.3. The standard InChI is InChI=1S/C28H29FN4O4/c1-17-11-19(3-5-22(17)27(30)34)25-15-32-28-24(31-14-18-7-9-36-10-8-18)13-21(16-33(25)28)37-20-4-6-26(35-2)23(29)12-20/h3-6,11-13,15-16,18,31H,7-10,14H2,1-2H3,(H2,30,34). The van der Waals surface area contributed by atoms with Gasteiger partial charge in [0.05, 0.1) is 30.9 Å². The lowest BCUT2D eigenvalue weighted by molar-refractivity contribution is 0.0699. The fourth-order valence-electron chi connectivity index (χ4n) is 4.61. The molecule has 1 aliphatic rings. The summed E-state index contributed by atoms with van der Waals surface area (Å²) in [6, 6.07) is 11.8. The van der Waals surface area contributed by atoms with E-state index in [0.29, 0.717) is 23.0 Å². The number of fused-ring (bicyclic) bond motifs is 1. The number of aryl methyl sites for hydroxylation is 1. The summed E-state index contributed by atoms with van der Waals surface area (Å²) >= 11 is 0. The first-order chi connectivity index (χ1) is 17.9. The minimum Gasteiger partial charge on any atom is -0.494 e. The lowest BCUT2D eigenvalue weighted by Gasteiger charge is -2.23. The predicted molar refractivity (Wildman–Crippen MR) is 139 cm³/mol. The van der Waals surface area contributed by atoms with Crippen LogP contribution in [0.4, 0.5) is 10.1 Å². The second-order valence-corrected chi connectivity index (χ2v) is 9.16. The van der Waals surface area contributed by atoms with Crippen LogP contribution in [0.3, 0.4) is 0 Å². The van der Waals surface area contributed by atoms with Gasteiger partial charge in [-0.1, -0.05) is 6.07 Å². The van der Waals surface area contributed by atoms with Gasteiger partial charge in [0.2, 0.25) is 5.91 Å². The number of rotatable bonds is 8. The maximum atomic E-state index is 14.3. The number of hydrogen-bond donors (Lipinski definition) is 2. The summed E-state index contributed by atoms with van der Waals surface area (Å²) in [4.78, 5) is 16.4. The van der Waals surface area contributed by atoms with Gasteiger partial charge in [-0.05, 0) is 55.5 Å². The Balaban J connectivity index is 1.54. The zero-order valence-corrected chi connectivity index (χ0v) is 20.8. The third-order valence-electron chi connectivity index (χ3n) is 6.65. The molecule has 1 fully saturated rings. The molecule has 3 heterocycles. The Morgan fingerprint density at radius 3 is 2.70 bits per heavy atom. The van der Waals surface area contributed by atoms with Crippen molar-refractivity contribution >= 4 is 17.2 Å². The number of imidazole rings is 1. The van der Waals surface area contributed by atoms with Gasteiger partial charge in [0.15, 0.2) is 17.2 Å². The van der Waals surface area contributed by atoms with Crippen LogP contribution in [-0.2, 0) is 4.74 Å². The van der Waals surface area contributed by atoms with Crippen LogP contribution < -0.4 is 20.5 Å². The van der Waals surface area contributed by atoms with E-state index in [0.717, 1.165) is 60.8 Å². The highest BCUT2D eigenvalue weighted by Gasteiger charge is 2.18. The van der Waals surface area contributed by atoms with E-state index in [1.165, 1.54) is 19.2 Å². The lowest BCUT2D eigenvalue weighted by atomic mass is 10.0. The van der Waals surface area contributed by atoms with E-state index in [9.17, 15) is 9.18 Å². The van der Waals surface area contributed by atoms with Crippen LogP contribution in [0, 0.1) is 18.7 Å². The fraction of sp³-hybridized carbons (Fsp3) is 0.286. The summed E-state index contributed by atoms with van der Waals surface area (Å²) in [7, 11) is 1.42. The summed E-state index contributed by atoms with van der Waals surface area (Å²) in [5.74, 6) is 0.518. The van der Waals surface area contributed by atoms with Crippen LogP contribution in [0.2, 0.25) is 0 Å². The number of carbonyl (C=O) groups excluding carboxylic acids is 1. The summed E-state index contributed by atoms with van der Waals surface area (Å²) < 4.78 is 32.8. The van der Waals surface area contributed by atoms with Crippen molar-refractivity contribution in [2.45, 2.75) is 19.8 Å². The number of nitrogens with one attached hydrogen (secondary N) is 1.